The molecule has 3 N–H and O–H groups in total. The lowest BCUT2D eigenvalue weighted by Crippen LogP contribution is -2.35. The Morgan fingerprint density at radius 2 is 0.895 bits per heavy atom. The Morgan fingerprint density at radius 3 is 1.25 bits per heavy atom. The SMILES string of the molecule is COc1ccc(NC(=O)C(N=Nc2ccc(NC(=O)c3ccc(N=NC(C(C)=O)C(=O)Nc4ccc(OC)c([N+](C)(C)C)c4)cc3)cc2)C(C)=O)cc1[N+](C)(C)C. The van der Waals surface area contributed by atoms with E-state index in [1.807, 2.05) is 42.3 Å². The summed E-state index contributed by atoms with van der Waals surface area (Å²) in [5, 5.41) is 24.4. The van der Waals surface area contributed by atoms with E-state index in [1.54, 1.807) is 74.9 Å². The van der Waals surface area contributed by atoms with Crippen molar-refractivity contribution in [3.63, 3.8) is 0 Å². The number of benzene rings is 4. The van der Waals surface area contributed by atoms with Gasteiger partial charge in [0, 0.05) is 34.8 Å². The molecule has 3 amide bonds. The van der Waals surface area contributed by atoms with E-state index < -0.39 is 41.4 Å². The summed E-state index contributed by atoms with van der Waals surface area (Å²) in [4.78, 5) is 63.8. The van der Waals surface area contributed by atoms with E-state index in [1.165, 1.54) is 38.1 Å². The number of methoxy groups -OCH3 is 2. The van der Waals surface area contributed by atoms with Gasteiger partial charge in [-0.2, -0.15) is 20.5 Å². The average Bonchev–Trinajstić information content (AvgIpc) is 3.14. The fraction of sp³-hybridized carbons (Fsp3) is 0.293. The molecule has 298 valence electrons. The van der Waals surface area contributed by atoms with E-state index in [4.69, 9.17) is 9.47 Å². The van der Waals surface area contributed by atoms with Gasteiger partial charge >= 0.3 is 0 Å². The van der Waals surface area contributed by atoms with E-state index >= 15 is 0 Å². The van der Waals surface area contributed by atoms with Gasteiger partial charge in [0.1, 0.15) is 0 Å². The molecule has 2 atom stereocenters. The molecule has 2 unspecified atom stereocenters. The normalized spacial score (nSPS) is 12.8. The number of quaternary nitrogens is 2. The number of azo groups is 2. The molecule has 0 bridgehead atoms. The zero-order valence-corrected chi connectivity index (χ0v) is 33.8. The smallest absolute Gasteiger partial charge is 0.258 e. The summed E-state index contributed by atoms with van der Waals surface area (Å²) >= 11 is 0. The second-order valence-electron chi connectivity index (χ2n) is 14.8. The van der Waals surface area contributed by atoms with Crippen LogP contribution in [0.15, 0.2) is 105 Å². The largest absolute Gasteiger partial charge is 0.491 e. The van der Waals surface area contributed by atoms with Gasteiger partial charge in [-0.15, -0.1) is 0 Å². The lowest BCUT2D eigenvalue weighted by molar-refractivity contribution is -0.127. The zero-order chi connectivity index (χ0) is 42.1. The fourth-order valence-electron chi connectivity index (χ4n) is 5.38. The molecule has 4 rings (SSSR count). The Kier molecular flexibility index (Phi) is 13.8. The van der Waals surface area contributed by atoms with Crippen LogP contribution >= 0.6 is 0 Å². The predicted octanol–water partition coefficient (Wildman–Crippen LogP) is 6.71. The second-order valence-corrected chi connectivity index (χ2v) is 14.8. The Balaban J connectivity index is 1.36. The van der Waals surface area contributed by atoms with Crippen LogP contribution in [0.5, 0.6) is 11.5 Å². The van der Waals surface area contributed by atoms with Crippen LogP contribution in [0.1, 0.15) is 24.2 Å². The number of Topliss-reactive ketones (excluding diaryl/α,β-unsaturated/α-hetero) is 2. The number of amides is 3. The number of anilines is 3. The van der Waals surface area contributed by atoms with Crippen molar-refractivity contribution in [2.24, 2.45) is 20.5 Å². The van der Waals surface area contributed by atoms with Gasteiger partial charge < -0.3 is 25.4 Å². The highest BCUT2D eigenvalue weighted by molar-refractivity contribution is 6.11. The van der Waals surface area contributed by atoms with Gasteiger partial charge in [0.2, 0.25) is 12.1 Å². The number of nitrogens with zero attached hydrogens (tertiary/aromatic N) is 6. The minimum absolute atomic E-state index is 0.312. The van der Waals surface area contributed by atoms with Crippen molar-refractivity contribution in [3.05, 3.63) is 90.5 Å². The van der Waals surface area contributed by atoms with Crippen molar-refractivity contribution in [2.45, 2.75) is 25.9 Å². The first kappa shape index (κ1) is 43.1. The topological polar surface area (TPSA) is 189 Å². The Labute approximate surface area is 331 Å². The van der Waals surface area contributed by atoms with E-state index in [9.17, 15) is 24.0 Å². The van der Waals surface area contributed by atoms with Crippen molar-refractivity contribution < 1.29 is 33.4 Å². The predicted molar refractivity (Wildman–Crippen MR) is 221 cm³/mol. The zero-order valence-electron chi connectivity index (χ0n) is 33.8. The minimum Gasteiger partial charge on any atom is -0.491 e. The van der Waals surface area contributed by atoms with Crippen LogP contribution in [0.25, 0.3) is 0 Å². The van der Waals surface area contributed by atoms with Crippen LogP contribution < -0.4 is 34.4 Å². The second kappa shape index (κ2) is 18.3. The van der Waals surface area contributed by atoms with Crippen molar-refractivity contribution in [1.29, 1.82) is 0 Å². The summed E-state index contributed by atoms with van der Waals surface area (Å²) in [6.45, 7) is 2.52. The molecule has 0 saturated carbocycles. The highest BCUT2D eigenvalue weighted by atomic mass is 16.5. The molecule has 0 spiro atoms. The molecule has 4 aromatic carbocycles. The summed E-state index contributed by atoms with van der Waals surface area (Å²) in [5.74, 6) is -1.37. The van der Waals surface area contributed by atoms with E-state index in [0.29, 0.717) is 54.5 Å². The number of carbonyl (C=O) groups excluding carboxylic acids is 5. The van der Waals surface area contributed by atoms with Crippen LogP contribution in [0.2, 0.25) is 0 Å². The number of hydrogen-bond donors (Lipinski definition) is 3. The summed E-state index contributed by atoms with van der Waals surface area (Å²) in [7, 11) is 14.9. The molecule has 0 aliphatic rings. The van der Waals surface area contributed by atoms with Crippen LogP contribution in [-0.2, 0) is 19.2 Å². The van der Waals surface area contributed by atoms with Gasteiger partial charge in [-0.1, -0.05) is 0 Å². The molecular weight excluding hydrogens is 731 g/mol. The van der Waals surface area contributed by atoms with Gasteiger partial charge in [-0.3, -0.25) is 32.9 Å². The number of hydrogen-bond acceptors (Lipinski definition) is 11. The van der Waals surface area contributed by atoms with Crippen LogP contribution in [0.3, 0.4) is 0 Å². The highest BCUT2D eigenvalue weighted by Gasteiger charge is 2.27. The van der Waals surface area contributed by atoms with Crippen LogP contribution in [0.4, 0.5) is 39.8 Å². The minimum atomic E-state index is -1.39. The molecule has 0 saturated heterocycles. The summed E-state index contributed by atoms with van der Waals surface area (Å²) in [5.41, 5.74) is 4.05. The molecule has 16 nitrogen and oxygen atoms in total. The van der Waals surface area contributed by atoms with E-state index in [2.05, 4.69) is 36.4 Å². The molecule has 0 fully saturated rings. The molecule has 57 heavy (non-hydrogen) atoms. The Bertz CT molecular complexity index is 2190. The maximum absolute atomic E-state index is 13.0. The molecular formula is C41H49N9O7+2. The first-order valence-corrected chi connectivity index (χ1v) is 17.8. The third kappa shape index (κ3) is 11.7. The van der Waals surface area contributed by atoms with Gasteiger partial charge in [-0.05, 0) is 86.6 Å². The van der Waals surface area contributed by atoms with Gasteiger partial charge in [0.25, 0.3) is 17.7 Å². The van der Waals surface area contributed by atoms with Crippen LogP contribution in [0, 0.1) is 0 Å². The monoisotopic (exact) mass is 779 g/mol. The molecule has 0 heterocycles. The summed E-state index contributed by atoms with van der Waals surface area (Å²) in [6.07, 6.45) is 0. The summed E-state index contributed by atoms with van der Waals surface area (Å²) in [6, 6.07) is 20.1. The fourth-order valence-corrected chi connectivity index (χ4v) is 5.38. The number of rotatable bonds is 16. The maximum atomic E-state index is 13.0. The first-order valence-electron chi connectivity index (χ1n) is 17.8. The van der Waals surface area contributed by atoms with Crippen molar-refractivity contribution in [2.75, 3.05) is 72.5 Å². The maximum Gasteiger partial charge on any atom is 0.258 e. The molecule has 0 aliphatic heterocycles. The van der Waals surface area contributed by atoms with E-state index in [0.717, 1.165) is 11.4 Å². The highest BCUT2D eigenvalue weighted by Crippen LogP contribution is 2.34. The van der Waals surface area contributed by atoms with Gasteiger partial charge in [0.05, 0.1) is 67.9 Å². The lowest BCUT2D eigenvalue weighted by atomic mass is 10.1. The summed E-state index contributed by atoms with van der Waals surface area (Å²) < 4.78 is 11.8. The quantitative estimate of drug-likeness (QED) is 0.0640. The molecule has 0 radical (unpaired) electrons. The number of nitrogens with one attached hydrogen (secondary N) is 3. The van der Waals surface area contributed by atoms with Crippen LogP contribution in [-0.4, -0.2) is 97.9 Å². The molecule has 0 aromatic heterocycles. The number of ether oxygens (including phenoxy) is 2. The van der Waals surface area contributed by atoms with E-state index in [-0.39, 0.29) is 0 Å². The molecule has 4 aromatic rings. The van der Waals surface area contributed by atoms with Crippen molar-refractivity contribution in [3.8, 4) is 11.5 Å². The average molecular weight is 780 g/mol. The van der Waals surface area contributed by atoms with Gasteiger partial charge in [0.15, 0.2) is 34.4 Å². The molecule has 0 aliphatic carbocycles. The third-order valence-corrected chi connectivity index (χ3v) is 8.44. The van der Waals surface area contributed by atoms with Crippen molar-refractivity contribution >= 4 is 69.1 Å². The first-order chi connectivity index (χ1) is 26.8. The number of carbonyl (C=O) groups is 5. The Hall–Kier alpha value is -6.65. The Morgan fingerprint density at radius 1 is 0.526 bits per heavy atom. The lowest BCUT2D eigenvalue weighted by Gasteiger charge is -2.25. The molecule has 16 heteroatoms. The number of ketones is 2. The van der Waals surface area contributed by atoms with Crippen molar-refractivity contribution in [1.82, 2.24) is 8.97 Å². The standard InChI is InChI=1S/C41H47N9O7/c1-25(51)37(40(54)43-31-19-21-35(56-9)33(23-31)49(3,4)5)47-45-29-13-11-27(12-14-29)39(53)42-28-15-17-30(18-16-28)46-48-38(26(2)52)41(55)44-32-20-22-36(57-10)34(24-32)50(6,7)8/h11-24,37-38H,1-10H3,(H-2,42,43,44,48,53,54,55)/p+2. The third-order valence-electron chi connectivity index (χ3n) is 8.44. The van der Waals surface area contributed by atoms with Gasteiger partial charge in [-0.25, -0.2) is 0 Å².